The first-order valence-electron chi connectivity index (χ1n) is 10.00. The van der Waals surface area contributed by atoms with Gasteiger partial charge < -0.3 is 25.0 Å². The van der Waals surface area contributed by atoms with Crippen molar-refractivity contribution < 1.29 is 19.7 Å². The average molecular weight is 419 g/mol. The number of benzene rings is 2. The second kappa shape index (κ2) is 11.7. The molecule has 31 heavy (non-hydrogen) atoms. The fourth-order valence-corrected chi connectivity index (χ4v) is 2.92. The first kappa shape index (κ1) is 22.2. The Balaban J connectivity index is 1.47. The third kappa shape index (κ3) is 7.08. The number of hydrogen-bond donors (Lipinski definition) is 3. The van der Waals surface area contributed by atoms with Crippen LogP contribution >= 0.6 is 0 Å². The highest BCUT2D eigenvalue weighted by Crippen LogP contribution is 2.23. The topological polar surface area (TPSA) is 108 Å². The molecule has 2 aromatic carbocycles. The van der Waals surface area contributed by atoms with Crippen molar-refractivity contribution in [2.24, 2.45) is 0 Å². The van der Waals surface area contributed by atoms with E-state index in [0.29, 0.717) is 30.0 Å². The van der Waals surface area contributed by atoms with E-state index in [1.54, 1.807) is 30.5 Å². The number of nitriles is 1. The van der Waals surface area contributed by atoms with Crippen molar-refractivity contribution in [1.29, 1.82) is 5.26 Å². The lowest BCUT2D eigenvalue weighted by atomic mass is 10.1. The molecule has 0 aliphatic rings. The van der Waals surface area contributed by atoms with Crippen LogP contribution in [-0.4, -0.2) is 47.1 Å². The van der Waals surface area contributed by atoms with E-state index in [-0.39, 0.29) is 25.1 Å². The molecule has 160 valence electrons. The minimum absolute atomic E-state index is 0.0655. The number of aliphatic hydroxyl groups excluding tert-OH is 2. The molecule has 3 aromatic rings. The van der Waals surface area contributed by atoms with Crippen molar-refractivity contribution in [2.45, 2.75) is 18.6 Å². The summed E-state index contributed by atoms with van der Waals surface area (Å²) in [5.74, 6) is 1.54. The predicted octanol–water partition coefficient (Wildman–Crippen LogP) is 2.68. The van der Waals surface area contributed by atoms with Crippen molar-refractivity contribution in [2.75, 3.05) is 19.8 Å². The Morgan fingerprint density at radius 1 is 1.00 bits per heavy atom. The highest BCUT2D eigenvalue weighted by atomic mass is 16.5. The molecule has 3 rings (SSSR count). The van der Waals surface area contributed by atoms with Crippen LogP contribution < -0.4 is 14.8 Å². The molecular weight excluding hydrogens is 394 g/mol. The molecule has 0 saturated heterocycles. The van der Waals surface area contributed by atoms with Crippen molar-refractivity contribution >= 4 is 0 Å². The first-order chi connectivity index (χ1) is 15.2. The predicted molar refractivity (Wildman–Crippen MR) is 116 cm³/mol. The fourth-order valence-electron chi connectivity index (χ4n) is 2.92. The summed E-state index contributed by atoms with van der Waals surface area (Å²) in [5.41, 5.74) is 1.36. The van der Waals surface area contributed by atoms with Gasteiger partial charge in [-0.25, -0.2) is 4.98 Å². The number of para-hydroxylation sites is 1. The van der Waals surface area contributed by atoms with E-state index in [1.165, 1.54) is 0 Å². The maximum atomic E-state index is 10.1. The molecule has 0 fully saturated rings. The van der Waals surface area contributed by atoms with E-state index < -0.39 is 6.10 Å². The van der Waals surface area contributed by atoms with Crippen LogP contribution in [0.5, 0.6) is 17.4 Å². The summed E-state index contributed by atoms with van der Waals surface area (Å²) in [5, 5.41) is 32.1. The minimum Gasteiger partial charge on any atom is -0.491 e. The van der Waals surface area contributed by atoms with Gasteiger partial charge in [-0.1, -0.05) is 30.3 Å². The van der Waals surface area contributed by atoms with Gasteiger partial charge in [0.25, 0.3) is 0 Å². The maximum absolute atomic E-state index is 10.1. The van der Waals surface area contributed by atoms with Crippen LogP contribution in [0.2, 0.25) is 0 Å². The summed E-state index contributed by atoms with van der Waals surface area (Å²) >= 11 is 0. The van der Waals surface area contributed by atoms with Crippen LogP contribution in [0.3, 0.4) is 0 Å². The van der Waals surface area contributed by atoms with Gasteiger partial charge in [0, 0.05) is 18.8 Å². The summed E-state index contributed by atoms with van der Waals surface area (Å²) in [4.78, 5) is 4.08. The summed E-state index contributed by atoms with van der Waals surface area (Å²) in [6, 6.07) is 21.8. The van der Waals surface area contributed by atoms with Gasteiger partial charge in [-0.2, -0.15) is 5.26 Å². The molecule has 1 heterocycles. The summed E-state index contributed by atoms with van der Waals surface area (Å²) in [6.07, 6.45) is 1.45. The van der Waals surface area contributed by atoms with Gasteiger partial charge in [0.1, 0.15) is 35.8 Å². The van der Waals surface area contributed by atoms with E-state index >= 15 is 0 Å². The zero-order valence-corrected chi connectivity index (χ0v) is 17.0. The molecule has 0 spiro atoms. The standard InChI is InChI=1S/C24H25N3O4/c25-14-19-5-4-12-26-24(19)31-23-10-8-18(9-11-23)13-20(16-28)27-15-21(29)17-30-22-6-2-1-3-7-22/h1-12,20-21,27-29H,13,15-17H2/t20-,21?/m1/s1. The first-order valence-corrected chi connectivity index (χ1v) is 10.00. The quantitative estimate of drug-likeness (QED) is 0.439. The fraction of sp³-hybridized carbons (Fsp3) is 0.250. The second-order valence-corrected chi connectivity index (χ2v) is 6.98. The molecule has 1 aromatic heterocycles. The van der Waals surface area contributed by atoms with Crippen LogP contribution in [0.4, 0.5) is 0 Å². The molecule has 0 amide bonds. The van der Waals surface area contributed by atoms with Crippen molar-refractivity contribution in [3.63, 3.8) is 0 Å². The number of hydrogen-bond acceptors (Lipinski definition) is 7. The molecule has 7 heteroatoms. The van der Waals surface area contributed by atoms with Gasteiger partial charge in [0.15, 0.2) is 0 Å². The largest absolute Gasteiger partial charge is 0.491 e. The van der Waals surface area contributed by atoms with Crippen molar-refractivity contribution in [3.8, 4) is 23.4 Å². The Bertz CT molecular complexity index is 974. The van der Waals surface area contributed by atoms with Crippen LogP contribution in [0.25, 0.3) is 0 Å². The third-order valence-electron chi connectivity index (χ3n) is 4.56. The number of rotatable bonds is 11. The van der Waals surface area contributed by atoms with Gasteiger partial charge in [-0.3, -0.25) is 0 Å². The Morgan fingerprint density at radius 2 is 1.77 bits per heavy atom. The third-order valence-corrected chi connectivity index (χ3v) is 4.56. The van der Waals surface area contributed by atoms with Gasteiger partial charge in [0.2, 0.25) is 5.88 Å². The van der Waals surface area contributed by atoms with Gasteiger partial charge >= 0.3 is 0 Å². The Hall–Kier alpha value is -3.44. The number of nitrogens with zero attached hydrogens (tertiary/aromatic N) is 2. The number of aromatic nitrogens is 1. The molecule has 3 N–H and O–H groups in total. The van der Waals surface area contributed by atoms with Crippen molar-refractivity contribution in [3.05, 3.63) is 84.1 Å². The smallest absolute Gasteiger partial charge is 0.237 e. The van der Waals surface area contributed by atoms with Gasteiger partial charge in [0.05, 0.1) is 6.61 Å². The van der Waals surface area contributed by atoms with Gasteiger partial charge in [-0.15, -0.1) is 0 Å². The number of aliphatic hydroxyl groups is 2. The second-order valence-electron chi connectivity index (χ2n) is 6.98. The highest BCUT2D eigenvalue weighted by Gasteiger charge is 2.12. The lowest BCUT2D eigenvalue weighted by Crippen LogP contribution is -2.41. The summed E-state index contributed by atoms with van der Waals surface area (Å²) in [7, 11) is 0. The molecule has 0 aliphatic heterocycles. The zero-order chi connectivity index (χ0) is 21.9. The van der Waals surface area contributed by atoms with E-state index in [0.717, 1.165) is 5.56 Å². The van der Waals surface area contributed by atoms with E-state index in [1.807, 2.05) is 48.5 Å². The minimum atomic E-state index is -0.697. The molecule has 0 bridgehead atoms. The molecule has 0 aliphatic carbocycles. The van der Waals surface area contributed by atoms with E-state index in [9.17, 15) is 10.2 Å². The molecule has 0 radical (unpaired) electrons. The van der Waals surface area contributed by atoms with E-state index in [2.05, 4.69) is 10.3 Å². The maximum Gasteiger partial charge on any atom is 0.237 e. The lowest BCUT2D eigenvalue weighted by molar-refractivity contribution is 0.0997. The SMILES string of the molecule is N#Cc1cccnc1Oc1ccc(C[C@H](CO)NCC(O)COc2ccccc2)cc1. The Morgan fingerprint density at radius 3 is 2.48 bits per heavy atom. The van der Waals surface area contributed by atoms with E-state index in [4.69, 9.17) is 14.7 Å². The molecular formula is C24H25N3O4. The van der Waals surface area contributed by atoms with Gasteiger partial charge in [-0.05, 0) is 48.4 Å². The monoisotopic (exact) mass is 419 g/mol. The lowest BCUT2D eigenvalue weighted by Gasteiger charge is -2.19. The van der Waals surface area contributed by atoms with Crippen LogP contribution in [0, 0.1) is 11.3 Å². The van der Waals surface area contributed by atoms with Crippen molar-refractivity contribution in [1.82, 2.24) is 10.3 Å². The average Bonchev–Trinajstić information content (AvgIpc) is 2.82. The molecule has 1 unspecified atom stereocenters. The Labute approximate surface area is 181 Å². The molecule has 7 nitrogen and oxygen atoms in total. The summed E-state index contributed by atoms with van der Waals surface area (Å²) in [6.45, 7) is 0.402. The number of pyridine rings is 1. The molecule has 2 atom stereocenters. The van der Waals surface area contributed by atoms with Crippen LogP contribution in [0.1, 0.15) is 11.1 Å². The Kier molecular flexibility index (Phi) is 8.38. The number of ether oxygens (including phenoxy) is 2. The van der Waals surface area contributed by atoms with Crippen LogP contribution in [-0.2, 0) is 6.42 Å². The zero-order valence-electron chi connectivity index (χ0n) is 17.0. The highest BCUT2D eigenvalue weighted by molar-refractivity contribution is 5.40. The number of nitrogens with one attached hydrogen (secondary N) is 1. The normalized spacial score (nSPS) is 12.5. The molecule has 0 saturated carbocycles. The van der Waals surface area contributed by atoms with Crippen LogP contribution in [0.15, 0.2) is 72.9 Å². The summed E-state index contributed by atoms with van der Waals surface area (Å²) < 4.78 is 11.2.